The molecule has 0 aromatic heterocycles. The molecule has 1 amide bonds. The highest BCUT2D eigenvalue weighted by Crippen LogP contribution is 2.19. The molecule has 6 heteroatoms. The number of carbonyl (C=O) groups excluding carboxylic acids is 1. The van der Waals surface area contributed by atoms with Gasteiger partial charge in [0.05, 0.1) is 12.5 Å². The van der Waals surface area contributed by atoms with Crippen molar-refractivity contribution in [1.29, 1.82) is 0 Å². The Morgan fingerprint density at radius 3 is 2.35 bits per heavy atom. The van der Waals surface area contributed by atoms with Crippen LogP contribution in [0.1, 0.15) is 36.9 Å². The zero-order chi connectivity index (χ0) is 19.1. The van der Waals surface area contributed by atoms with E-state index in [1.165, 1.54) is 36.4 Å². The van der Waals surface area contributed by atoms with E-state index in [9.17, 15) is 18.4 Å². The van der Waals surface area contributed by atoms with Gasteiger partial charge in [0.15, 0.2) is 0 Å². The Labute approximate surface area is 150 Å². The van der Waals surface area contributed by atoms with Gasteiger partial charge in [0.2, 0.25) is 5.91 Å². The fraction of sp³-hybridized carbons (Fsp3) is 0.300. The molecule has 26 heavy (non-hydrogen) atoms. The lowest BCUT2D eigenvalue weighted by atomic mass is 9.97. The number of amides is 1. The normalized spacial score (nSPS) is 13.0. The van der Waals surface area contributed by atoms with Crippen molar-refractivity contribution in [3.05, 3.63) is 71.3 Å². The van der Waals surface area contributed by atoms with Crippen LogP contribution in [0, 0.1) is 17.6 Å². The molecule has 2 aromatic carbocycles. The van der Waals surface area contributed by atoms with Crippen LogP contribution in [-0.2, 0) is 16.0 Å². The standard InChI is InChI=1S/C20H21F2NO3/c1-13(9-14-3-2-4-17(22)11-14)10-19(24)23-18(12-20(25)26)15-5-7-16(21)8-6-15/h2-8,11,13,18H,9-10,12H2,1H3,(H,23,24)(H,25,26). The molecule has 0 spiro atoms. The van der Waals surface area contributed by atoms with Crippen molar-refractivity contribution in [2.75, 3.05) is 0 Å². The molecule has 2 rings (SSSR count). The fourth-order valence-electron chi connectivity index (χ4n) is 2.83. The number of hydrogen-bond acceptors (Lipinski definition) is 2. The summed E-state index contributed by atoms with van der Waals surface area (Å²) < 4.78 is 26.3. The van der Waals surface area contributed by atoms with Crippen LogP contribution in [0.25, 0.3) is 0 Å². The number of carboxylic acids is 1. The summed E-state index contributed by atoms with van der Waals surface area (Å²) in [5, 5.41) is 11.8. The first-order chi connectivity index (χ1) is 12.3. The topological polar surface area (TPSA) is 66.4 Å². The molecule has 0 aliphatic carbocycles. The minimum Gasteiger partial charge on any atom is -0.481 e. The molecule has 2 unspecified atom stereocenters. The average Bonchev–Trinajstić information content (AvgIpc) is 2.54. The Morgan fingerprint density at radius 2 is 1.73 bits per heavy atom. The van der Waals surface area contributed by atoms with Gasteiger partial charge in [-0.05, 0) is 47.7 Å². The zero-order valence-corrected chi connectivity index (χ0v) is 14.4. The van der Waals surface area contributed by atoms with Gasteiger partial charge in [0, 0.05) is 6.42 Å². The lowest BCUT2D eigenvalue weighted by molar-refractivity contribution is -0.137. The molecule has 0 heterocycles. The molecule has 2 aromatic rings. The Bertz CT molecular complexity index is 762. The first kappa shape index (κ1) is 19.6. The van der Waals surface area contributed by atoms with E-state index in [0.717, 1.165) is 5.56 Å². The first-order valence-corrected chi connectivity index (χ1v) is 8.34. The summed E-state index contributed by atoms with van der Waals surface area (Å²) in [6, 6.07) is 10.8. The molecule has 0 saturated heterocycles. The van der Waals surface area contributed by atoms with Gasteiger partial charge in [-0.15, -0.1) is 0 Å². The van der Waals surface area contributed by atoms with Crippen LogP contribution in [-0.4, -0.2) is 17.0 Å². The highest BCUT2D eigenvalue weighted by atomic mass is 19.1. The molecule has 4 nitrogen and oxygen atoms in total. The van der Waals surface area contributed by atoms with Crippen molar-refractivity contribution in [3.63, 3.8) is 0 Å². The molecular weight excluding hydrogens is 340 g/mol. The van der Waals surface area contributed by atoms with Crippen LogP contribution in [0.4, 0.5) is 8.78 Å². The maximum absolute atomic E-state index is 13.2. The SMILES string of the molecule is CC(CC(=O)NC(CC(=O)O)c1ccc(F)cc1)Cc1cccc(F)c1. The van der Waals surface area contributed by atoms with Crippen LogP contribution in [0.5, 0.6) is 0 Å². The summed E-state index contributed by atoms with van der Waals surface area (Å²) in [4.78, 5) is 23.4. The molecule has 0 radical (unpaired) electrons. The molecule has 2 N–H and O–H groups in total. The summed E-state index contributed by atoms with van der Waals surface area (Å²) in [7, 11) is 0. The quantitative estimate of drug-likeness (QED) is 0.750. The van der Waals surface area contributed by atoms with Gasteiger partial charge in [0.1, 0.15) is 11.6 Å². The number of benzene rings is 2. The largest absolute Gasteiger partial charge is 0.481 e. The van der Waals surface area contributed by atoms with Crippen LogP contribution in [0.15, 0.2) is 48.5 Å². The first-order valence-electron chi connectivity index (χ1n) is 8.34. The van der Waals surface area contributed by atoms with Crippen molar-refractivity contribution in [2.45, 2.75) is 32.2 Å². The van der Waals surface area contributed by atoms with E-state index in [1.54, 1.807) is 12.1 Å². The van der Waals surface area contributed by atoms with Crippen molar-refractivity contribution in [3.8, 4) is 0 Å². The second kappa shape index (κ2) is 9.08. The van der Waals surface area contributed by atoms with Gasteiger partial charge in [-0.3, -0.25) is 9.59 Å². The van der Waals surface area contributed by atoms with E-state index in [0.29, 0.717) is 12.0 Å². The molecule has 0 fully saturated rings. The average molecular weight is 361 g/mol. The maximum atomic E-state index is 13.2. The molecule has 0 aliphatic heterocycles. The van der Waals surface area contributed by atoms with Gasteiger partial charge in [-0.1, -0.05) is 31.2 Å². The third-order valence-corrected chi connectivity index (χ3v) is 3.99. The maximum Gasteiger partial charge on any atom is 0.305 e. The number of halogens is 2. The highest BCUT2D eigenvalue weighted by Gasteiger charge is 2.19. The zero-order valence-electron chi connectivity index (χ0n) is 14.4. The Hall–Kier alpha value is -2.76. The van der Waals surface area contributed by atoms with Gasteiger partial charge in [-0.25, -0.2) is 8.78 Å². The van der Waals surface area contributed by atoms with Crippen LogP contribution in [0.3, 0.4) is 0 Å². The number of carbonyl (C=O) groups is 2. The smallest absolute Gasteiger partial charge is 0.305 e. The summed E-state index contributed by atoms with van der Waals surface area (Å²) in [6.07, 6.45) is 0.412. The van der Waals surface area contributed by atoms with E-state index in [4.69, 9.17) is 5.11 Å². The van der Waals surface area contributed by atoms with Crippen LogP contribution >= 0.6 is 0 Å². The number of carboxylic acid groups (broad SMARTS) is 1. The van der Waals surface area contributed by atoms with E-state index in [-0.39, 0.29) is 30.5 Å². The van der Waals surface area contributed by atoms with E-state index in [2.05, 4.69) is 5.32 Å². The summed E-state index contributed by atoms with van der Waals surface area (Å²) in [5.74, 6) is -2.16. The number of nitrogens with one attached hydrogen (secondary N) is 1. The Kier molecular flexibility index (Phi) is 6.83. The lowest BCUT2D eigenvalue weighted by Gasteiger charge is -2.19. The number of aliphatic carboxylic acids is 1. The van der Waals surface area contributed by atoms with Crippen LogP contribution < -0.4 is 5.32 Å². The van der Waals surface area contributed by atoms with Crippen molar-refractivity contribution >= 4 is 11.9 Å². The van der Waals surface area contributed by atoms with Gasteiger partial charge in [-0.2, -0.15) is 0 Å². The monoisotopic (exact) mass is 361 g/mol. The summed E-state index contributed by atoms with van der Waals surface area (Å²) in [5.41, 5.74) is 1.32. The third kappa shape index (κ3) is 6.27. The van der Waals surface area contributed by atoms with Crippen LogP contribution in [0.2, 0.25) is 0 Å². The molecule has 0 bridgehead atoms. The molecule has 0 saturated carbocycles. The van der Waals surface area contributed by atoms with Crippen molar-refractivity contribution in [1.82, 2.24) is 5.32 Å². The molecule has 2 atom stereocenters. The van der Waals surface area contributed by atoms with E-state index >= 15 is 0 Å². The summed E-state index contributed by atoms with van der Waals surface area (Å²) in [6.45, 7) is 1.87. The fourth-order valence-corrected chi connectivity index (χ4v) is 2.83. The highest BCUT2D eigenvalue weighted by molar-refractivity contribution is 5.78. The molecule has 138 valence electrons. The van der Waals surface area contributed by atoms with Crippen molar-refractivity contribution in [2.24, 2.45) is 5.92 Å². The number of hydrogen-bond donors (Lipinski definition) is 2. The summed E-state index contributed by atoms with van der Waals surface area (Å²) >= 11 is 0. The minimum atomic E-state index is -1.06. The van der Waals surface area contributed by atoms with Gasteiger partial charge in [0.25, 0.3) is 0 Å². The molecule has 0 aliphatic rings. The Morgan fingerprint density at radius 1 is 1.04 bits per heavy atom. The second-order valence-electron chi connectivity index (χ2n) is 6.41. The molecular formula is C20H21F2NO3. The van der Waals surface area contributed by atoms with Gasteiger partial charge >= 0.3 is 5.97 Å². The van der Waals surface area contributed by atoms with Crippen molar-refractivity contribution < 1.29 is 23.5 Å². The predicted octanol–water partition coefficient (Wildman–Crippen LogP) is 3.87. The minimum absolute atomic E-state index is 0.0458. The third-order valence-electron chi connectivity index (χ3n) is 3.99. The van der Waals surface area contributed by atoms with Gasteiger partial charge < -0.3 is 10.4 Å². The van der Waals surface area contributed by atoms with E-state index in [1.807, 2.05) is 6.92 Å². The second-order valence-corrected chi connectivity index (χ2v) is 6.41. The lowest BCUT2D eigenvalue weighted by Crippen LogP contribution is -2.31. The van der Waals surface area contributed by atoms with E-state index < -0.39 is 17.8 Å². The predicted molar refractivity (Wildman–Crippen MR) is 93.4 cm³/mol. The number of rotatable bonds is 8. The Balaban J connectivity index is 1.97.